The highest BCUT2D eigenvalue weighted by Crippen LogP contribution is 2.64. The summed E-state index contributed by atoms with van der Waals surface area (Å²) >= 11 is 0. The minimum absolute atomic E-state index is 0.229. The first kappa shape index (κ1) is 26.9. The molecule has 0 saturated heterocycles. The molecule has 0 radical (unpaired) electrons. The average molecular weight is 483 g/mol. The van der Waals surface area contributed by atoms with Crippen LogP contribution in [-0.2, 0) is 13.6 Å². The standard InChI is InChI=1S/C27H44FO4P/c1-17(2)23-13-7-19(5)15-25(23)31-33(30,27(29)21-9-11-22(28)12-10-21)32-26-16-20(6)8-14-24(26)18(3)4/h9-12,17-20,23-27,29H,7-8,13-16H2,1-6H3/t19-,20+,23-,24-,25+,26-,27-,33?/m1/s1. The minimum Gasteiger partial charge on any atom is -0.376 e. The SMILES string of the molecule is CC(C)[C@H]1CC[C@@H](C)C[C@@H]1OP(=O)(O[C@@H]1C[C@@H](C)CC[C@@H]1C(C)C)[C@@H](O)c1ccc(F)cc1. The molecular weight excluding hydrogens is 438 g/mol. The third-order valence-electron chi connectivity index (χ3n) is 7.95. The molecule has 2 aliphatic rings. The van der Waals surface area contributed by atoms with Gasteiger partial charge in [-0.2, -0.15) is 0 Å². The molecule has 0 amide bonds. The van der Waals surface area contributed by atoms with E-state index in [9.17, 15) is 14.1 Å². The topological polar surface area (TPSA) is 55.8 Å². The van der Waals surface area contributed by atoms with Gasteiger partial charge in [0.1, 0.15) is 5.82 Å². The number of aliphatic hydroxyl groups is 1. The molecule has 1 aromatic rings. The maximum Gasteiger partial charge on any atom is 0.363 e. The third kappa shape index (κ3) is 6.69. The van der Waals surface area contributed by atoms with Crippen molar-refractivity contribution in [1.29, 1.82) is 0 Å². The van der Waals surface area contributed by atoms with Crippen LogP contribution in [0.15, 0.2) is 24.3 Å². The zero-order chi connectivity index (χ0) is 24.3. The van der Waals surface area contributed by atoms with E-state index in [4.69, 9.17) is 9.05 Å². The van der Waals surface area contributed by atoms with Gasteiger partial charge >= 0.3 is 7.60 Å². The van der Waals surface area contributed by atoms with Crippen molar-refractivity contribution in [2.45, 2.75) is 98.1 Å². The maximum atomic E-state index is 14.5. The van der Waals surface area contributed by atoms with Gasteiger partial charge in [0.25, 0.3) is 0 Å². The average Bonchev–Trinajstić information content (AvgIpc) is 2.73. The normalized spacial score (nSPS) is 33.8. The van der Waals surface area contributed by atoms with Crippen LogP contribution in [-0.4, -0.2) is 17.3 Å². The Labute approximate surface area is 200 Å². The van der Waals surface area contributed by atoms with Crippen molar-refractivity contribution in [3.63, 3.8) is 0 Å². The smallest absolute Gasteiger partial charge is 0.363 e. The largest absolute Gasteiger partial charge is 0.376 e. The number of hydrogen-bond donors (Lipinski definition) is 1. The fourth-order valence-electron chi connectivity index (χ4n) is 5.81. The minimum atomic E-state index is -3.96. The summed E-state index contributed by atoms with van der Waals surface area (Å²) in [6, 6.07) is 5.52. The van der Waals surface area contributed by atoms with Crippen LogP contribution >= 0.6 is 7.60 Å². The summed E-state index contributed by atoms with van der Waals surface area (Å²) < 4.78 is 40.9. The van der Waals surface area contributed by atoms with E-state index < -0.39 is 19.3 Å². The van der Waals surface area contributed by atoms with E-state index in [1.807, 2.05) is 0 Å². The molecule has 1 aromatic carbocycles. The number of aliphatic hydroxyl groups excluding tert-OH is 1. The van der Waals surface area contributed by atoms with Crippen LogP contribution in [0, 0.1) is 41.3 Å². The molecule has 4 nitrogen and oxygen atoms in total. The second-order valence-electron chi connectivity index (χ2n) is 11.4. The van der Waals surface area contributed by atoms with Crippen molar-refractivity contribution < 1.29 is 23.1 Å². The molecule has 33 heavy (non-hydrogen) atoms. The van der Waals surface area contributed by atoms with Gasteiger partial charge in [-0.05, 0) is 78.9 Å². The van der Waals surface area contributed by atoms with Crippen LogP contribution in [0.3, 0.4) is 0 Å². The van der Waals surface area contributed by atoms with Gasteiger partial charge in [-0.25, -0.2) is 4.39 Å². The Hall–Kier alpha value is -0.740. The zero-order valence-corrected chi connectivity index (χ0v) is 22.1. The first-order valence-electron chi connectivity index (χ1n) is 12.9. The molecule has 0 heterocycles. The van der Waals surface area contributed by atoms with Crippen molar-refractivity contribution in [3.8, 4) is 0 Å². The first-order chi connectivity index (χ1) is 15.5. The summed E-state index contributed by atoms with van der Waals surface area (Å²) in [5.41, 5.74) is 0.370. The number of benzene rings is 1. The van der Waals surface area contributed by atoms with Gasteiger partial charge in [-0.15, -0.1) is 0 Å². The van der Waals surface area contributed by atoms with E-state index in [-0.39, 0.29) is 24.0 Å². The van der Waals surface area contributed by atoms with Crippen molar-refractivity contribution in [3.05, 3.63) is 35.6 Å². The second-order valence-corrected chi connectivity index (χ2v) is 13.4. The lowest BCUT2D eigenvalue weighted by Crippen LogP contribution is -2.37. The lowest BCUT2D eigenvalue weighted by Gasteiger charge is -2.42. The van der Waals surface area contributed by atoms with Crippen LogP contribution in [0.4, 0.5) is 4.39 Å². The summed E-state index contributed by atoms with van der Waals surface area (Å²) in [5.74, 6) is 0.417. The van der Waals surface area contributed by atoms with Gasteiger partial charge in [0.05, 0.1) is 12.2 Å². The first-order valence-corrected chi connectivity index (χ1v) is 14.5. The highest BCUT2D eigenvalue weighted by molar-refractivity contribution is 7.54. The van der Waals surface area contributed by atoms with Gasteiger partial charge in [-0.1, -0.05) is 66.5 Å². The fourth-order valence-corrected chi connectivity index (χ4v) is 7.86. The predicted molar refractivity (Wildman–Crippen MR) is 131 cm³/mol. The fraction of sp³-hybridized carbons (Fsp3) is 0.778. The van der Waals surface area contributed by atoms with Crippen molar-refractivity contribution in [2.75, 3.05) is 0 Å². The van der Waals surface area contributed by atoms with E-state index in [0.717, 1.165) is 38.5 Å². The van der Waals surface area contributed by atoms with E-state index >= 15 is 0 Å². The van der Waals surface area contributed by atoms with Gasteiger partial charge < -0.3 is 14.2 Å². The zero-order valence-electron chi connectivity index (χ0n) is 21.2. The Morgan fingerprint density at radius 2 is 1.27 bits per heavy atom. The summed E-state index contributed by atoms with van der Waals surface area (Å²) in [4.78, 5) is 0. The monoisotopic (exact) mass is 482 g/mol. The van der Waals surface area contributed by atoms with Crippen LogP contribution < -0.4 is 0 Å². The Morgan fingerprint density at radius 3 is 1.67 bits per heavy atom. The highest BCUT2D eigenvalue weighted by Gasteiger charge is 2.46. The van der Waals surface area contributed by atoms with E-state index in [1.54, 1.807) is 0 Å². The molecule has 2 aliphatic carbocycles. The Bertz CT molecular complexity index is 758. The van der Waals surface area contributed by atoms with Crippen molar-refractivity contribution >= 4 is 7.60 Å². The summed E-state index contributed by atoms with van der Waals surface area (Å²) in [7, 11) is -3.96. The summed E-state index contributed by atoms with van der Waals surface area (Å²) in [6.07, 6.45) is 5.45. The number of halogens is 1. The Kier molecular flexibility index (Phi) is 9.22. The van der Waals surface area contributed by atoms with Gasteiger partial charge in [0.2, 0.25) is 0 Å². The molecule has 0 bridgehead atoms. The van der Waals surface area contributed by atoms with E-state index in [1.165, 1.54) is 24.3 Å². The quantitative estimate of drug-likeness (QED) is 0.382. The van der Waals surface area contributed by atoms with Crippen LogP contribution in [0.5, 0.6) is 0 Å². The molecule has 3 rings (SSSR count). The van der Waals surface area contributed by atoms with E-state index in [2.05, 4.69) is 41.5 Å². The Morgan fingerprint density at radius 1 is 0.848 bits per heavy atom. The molecule has 8 atom stereocenters. The van der Waals surface area contributed by atoms with Crippen LogP contribution in [0.1, 0.15) is 91.5 Å². The molecular formula is C27H44FO4P. The molecule has 2 saturated carbocycles. The van der Waals surface area contributed by atoms with Crippen molar-refractivity contribution in [2.24, 2.45) is 35.5 Å². The molecule has 0 aromatic heterocycles. The third-order valence-corrected chi connectivity index (χ3v) is 9.98. The number of hydrogen-bond acceptors (Lipinski definition) is 4. The molecule has 1 unspecified atom stereocenters. The van der Waals surface area contributed by atoms with E-state index in [0.29, 0.717) is 29.2 Å². The van der Waals surface area contributed by atoms with Crippen molar-refractivity contribution in [1.82, 2.24) is 0 Å². The predicted octanol–water partition coefficient (Wildman–Crippen LogP) is 7.96. The second kappa shape index (κ2) is 11.3. The molecule has 1 N–H and O–H groups in total. The number of rotatable bonds is 8. The van der Waals surface area contributed by atoms with Crippen LogP contribution in [0.25, 0.3) is 0 Å². The van der Waals surface area contributed by atoms with Gasteiger partial charge in [-0.3, -0.25) is 4.57 Å². The van der Waals surface area contributed by atoms with Gasteiger partial charge in [0, 0.05) is 0 Å². The lowest BCUT2D eigenvalue weighted by atomic mass is 9.75. The summed E-state index contributed by atoms with van der Waals surface area (Å²) in [6.45, 7) is 13.1. The molecule has 6 heteroatoms. The molecule has 0 spiro atoms. The Balaban J connectivity index is 1.94. The maximum absolute atomic E-state index is 14.5. The molecule has 188 valence electrons. The van der Waals surface area contributed by atoms with Gasteiger partial charge in [0.15, 0.2) is 5.85 Å². The highest BCUT2D eigenvalue weighted by atomic mass is 31.2. The van der Waals surface area contributed by atoms with Crippen LogP contribution in [0.2, 0.25) is 0 Å². The summed E-state index contributed by atoms with van der Waals surface area (Å²) in [5, 5.41) is 11.3. The lowest BCUT2D eigenvalue weighted by molar-refractivity contribution is -0.0154. The molecule has 2 fully saturated rings. The molecule has 0 aliphatic heterocycles.